The largest absolute Gasteiger partial charge is 0.391 e. The van der Waals surface area contributed by atoms with Gasteiger partial charge in [-0.25, -0.2) is 4.98 Å². The van der Waals surface area contributed by atoms with E-state index < -0.39 is 0 Å². The first-order valence-corrected chi connectivity index (χ1v) is 10.0. The van der Waals surface area contributed by atoms with Crippen LogP contribution in [0.5, 0.6) is 0 Å². The molecular formula is C20H21N5O2S. The molecule has 0 aliphatic carbocycles. The maximum atomic E-state index is 13.3. The molecule has 1 aromatic carbocycles. The van der Waals surface area contributed by atoms with Crippen molar-refractivity contribution in [1.29, 1.82) is 5.26 Å². The highest BCUT2D eigenvalue weighted by Gasteiger charge is 2.23. The fourth-order valence-corrected chi connectivity index (χ4v) is 4.54. The predicted molar refractivity (Wildman–Crippen MR) is 109 cm³/mol. The summed E-state index contributed by atoms with van der Waals surface area (Å²) in [5.41, 5.74) is 7.91. The van der Waals surface area contributed by atoms with Crippen LogP contribution in [0.1, 0.15) is 28.8 Å². The minimum absolute atomic E-state index is 0.0386. The van der Waals surface area contributed by atoms with Crippen LogP contribution >= 0.6 is 11.3 Å². The molecule has 0 bridgehead atoms. The van der Waals surface area contributed by atoms with Crippen molar-refractivity contribution in [1.82, 2.24) is 9.55 Å². The van der Waals surface area contributed by atoms with E-state index in [9.17, 15) is 15.2 Å². The molecule has 0 radical (unpaired) electrons. The van der Waals surface area contributed by atoms with E-state index in [0.29, 0.717) is 33.2 Å². The minimum atomic E-state index is -0.156. The summed E-state index contributed by atoms with van der Waals surface area (Å²) >= 11 is 1.26. The van der Waals surface area contributed by atoms with Gasteiger partial charge in [0.05, 0.1) is 30.3 Å². The van der Waals surface area contributed by atoms with Crippen LogP contribution in [0.4, 0.5) is 5.95 Å². The molecule has 1 atom stereocenters. The van der Waals surface area contributed by atoms with E-state index >= 15 is 0 Å². The summed E-state index contributed by atoms with van der Waals surface area (Å²) < 4.78 is 2.15. The van der Waals surface area contributed by atoms with E-state index in [0.717, 1.165) is 24.9 Å². The van der Waals surface area contributed by atoms with Crippen LogP contribution in [0, 0.1) is 11.3 Å². The third-order valence-electron chi connectivity index (χ3n) is 5.03. The Hall–Kier alpha value is -2.73. The standard InChI is InChI=1S/C20H21N5O2S/c21-9-13-4-1-2-5-14(13)10-25-19(27)18-17(8-16(12-26)28-18)23-20(25)24-7-3-6-15(22)11-24/h1-2,4-5,8,15,26H,3,6-7,10-12,22H2. The highest BCUT2D eigenvalue weighted by Crippen LogP contribution is 2.26. The molecule has 1 unspecified atom stereocenters. The number of aliphatic hydroxyl groups excluding tert-OH is 1. The number of fused-ring (bicyclic) bond motifs is 1. The van der Waals surface area contributed by atoms with Crippen molar-refractivity contribution >= 4 is 27.5 Å². The number of anilines is 1. The number of nitrogens with zero attached hydrogens (tertiary/aromatic N) is 4. The number of thiophene rings is 1. The van der Waals surface area contributed by atoms with Gasteiger partial charge in [0, 0.05) is 24.0 Å². The fourth-order valence-electron chi connectivity index (χ4n) is 3.64. The van der Waals surface area contributed by atoms with Crippen LogP contribution in [0.3, 0.4) is 0 Å². The van der Waals surface area contributed by atoms with Crippen molar-refractivity contribution < 1.29 is 5.11 Å². The molecule has 1 saturated heterocycles. The van der Waals surface area contributed by atoms with Crippen molar-refractivity contribution in [2.45, 2.75) is 32.0 Å². The molecule has 28 heavy (non-hydrogen) atoms. The molecule has 1 fully saturated rings. The molecule has 4 rings (SSSR count). The Morgan fingerprint density at radius 1 is 1.39 bits per heavy atom. The molecule has 8 heteroatoms. The average Bonchev–Trinajstić information content (AvgIpc) is 3.14. The van der Waals surface area contributed by atoms with E-state index in [1.807, 2.05) is 18.2 Å². The number of piperidine rings is 1. The lowest BCUT2D eigenvalue weighted by molar-refractivity contribution is 0.285. The van der Waals surface area contributed by atoms with Gasteiger partial charge in [0.2, 0.25) is 5.95 Å². The first-order chi connectivity index (χ1) is 13.6. The molecule has 3 aromatic rings. The summed E-state index contributed by atoms with van der Waals surface area (Å²) in [7, 11) is 0. The van der Waals surface area contributed by atoms with Gasteiger partial charge < -0.3 is 15.7 Å². The summed E-state index contributed by atoms with van der Waals surface area (Å²) in [4.78, 5) is 20.8. The van der Waals surface area contributed by atoms with E-state index in [4.69, 9.17) is 10.7 Å². The monoisotopic (exact) mass is 395 g/mol. The van der Waals surface area contributed by atoms with Crippen LogP contribution < -0.4 is 16.2 Å². The molecule has 0 amide bonds. The Morgan fingerprint density at radius 3 is 2.96 bits per heavy atom. The van der Waals surface area contributed by atoms with Gasteiger partial charge in [-0.2, -0.15) is 5.26 Å². The Labute approximate surface area is 166 Å². The van der Waals surface area contributed by atoms with Crippen LogP contribution in [0.15, 0.2) is 35.1 Å². The van der Waals surface area contributed by atoms with Crippen molar-refractivity contribution in [2.75, 3.05) is 18.0 Å². The number of hydrogen-bond acceptors (Lipinski definition) is 7. The molecule has 0 saturated carbocycles. The van der Waals surface area contributed by atoms with Gasteiger partial charge in [0.25, 0.3) is 5.56 Å². The molecule has 1 aliphatic rings. The summed E-state index contributed by atoms with van der Waals surface area (Å²) in [6.07, 6.45) is 1.89. The number of aliphatic hydroxyl groups is 1. The Balaban J connectivity index is 1.88. The Kier molecular flexibility index (Phi) is 5.13. The zero-order valence-corrected chi connectivity index (χ0v) is 16.2. The molecular weight excluding hydrogens is 374 g/mol. The number of rotatable bonds is 4. The molecule has 3 N–H and O–H groups in total. The number of hydrogen-bond donors (Lipinski definition) is 2. The molecule has 3 heterocycles. The smallest absolute Gasteiger partial charge is 0.273 e. The Morgan fingerprint density at radius 2 is 2.21 bits per heavy atom. The van der Waals surface area contributed by atoms with Gasteiger partial charge in [0.15, 0.2) is 0 Å². The third-order valence-corrected chi connectivity index (χ3v) is 6.12. The van der Waals surface area contributed by atoms with Gasteiger partial charge in [0.1, 0.15) is 4.70 Å². The van der Waals surface area contributed by atoms with E-state index in [1.165, 1.54) is 11.3 Å². The van der Waals surface area contributed by atoms with Crippen molar-refractivity contribution in [3.63, 3.8) is 0 Å². The van der Waals surface area contributed by atoms with Crippen LogP contribution in [0.25, 0.3) is 10.2 Å². The highest BCUT2D eigenvalue weighted by molar-refractivity contribution is 7.18. The Bertz CT molecular complexity index is 1110. The third kappa shape index (κ3) is 3.40. The average molecular weight is 395 g/mol. The van der Waals surface area contributed by atoms with Crippen molar-refractivity contribution in [2.24, 2.45) is 5.73 Å². The van der Waals surface area contributed by atoms with Gasteiger partial charge in [-0.15, -0.1) is 11.3 Å². The number of nitriles is 1. The predicted octanol–water partition coefficient (Wildman–Crippen LogP) is 1.80. The quantitative estimate of drug-likeness (QED) is 0.697. The lowest BCUT2D eigenvalue weighted by Crippen LogP contribution is -2.45. The number of aromatic nitrogens is 2. The van der Waals surface area contributed by atoms with Gasteiger partial charge in [-0.1, -0.05) is 18.2 Å². The highest BCUT2D eigenvalue weighted by atomic mass is 32.1. The lowest BCUT2D eigenvalue weighted by Gasteiger charge is -2.33. The number of nitrogens with two attached hydrogens (primary N) is 1. The summed E-state index contributed by atoms with van der Waals surface area (Å²) in [5.74, 6) is 0.572. The van der Waals surface area contributed by atoms with E-state index in [2.05, 4.69) is 11.0 Å². The lowest BCUT2D eigenvalue weighted by atomic mass is 10.1. The van der Waals surface area contributed by atoms with Crippen molar-refractivity contribution in [3.05, 3.63) is 56.7 Å². The molecule has 7 nitrogen and oxygen atoms in total. The zero-order chi connectivity index (χ0) is 19.7. The molecule has 2 aromatic heterocycles. The van der Waals surface area contributed by atoms with E-state index in [-0.39, 0.29) is 24.8 Å². The van der Waals surface area contributed by atoms with Gasteiger partial charge in [-0.3, -0.25) is 9.36 Å². The summed E-state index contributed by atoms with van der Waals surface area (Å²) in [6.45, 7) is 1.55. The second kappa shape index (κ2) is 7.72. The maximum Gasteiger partial charge on any atom is 0.273 e. The van der Waals surface area contributed by atoms with Gasteiger partial charge >= 0.3 is 0 Å². The van der Waals surface area contributed by atoms with E-state index in [1.54, 1.807) is 16.7 Å². The normalized spacial score (nSPS) is 17.0. The minimum Gasteiger partial charge on any atom is -0.391 e. The van der Waals surface area contributed by atoms with Crippen molar-refractivity contribution in [3.8, 4) is 6.07 Å². The molecule has 1 aliphatic heterocycles. The maximum absolute atomic E-state index is 13.3. The number of benzene rings is 1. The molecule has 144 valence electrons. The zero-order valence-electron chi connectivity index (χ0n) is 15.3. The topological polar surface area (TPSA) is 108 Å². The summed E-state index contributed by atoms with van der Waals surface area (Å²) in [5, 5.41) is 18.9. The summed E-state index contributed by atoms with van der Waals surface area (Å²) in [6, 6.07) is 11.3. The first-order valence-electron chi connectivity index (χ1n) is 9.23. The van der Waals surface area contributed by atoms with Gasteiger partial charge in [-0.05, 0) is 30.5 Å². The first kappa shape index (κ1) is 18.6. The second-order valence-corrected chi connectivity index (χ2v) is 8.14. The van der Waals surface area contributed by atoms with Crippen LogP contribution in [-0.2, 0) is 13.2 Å². The fraction of sp³-hybridized carbons (Fsp3) is 0.350. The molecule has 0 spiro atoms. The van der Waals surface area contributed by atoms with Crippen LogP contribution in [0.2, 0.25) is 0 Å². The SMILES string of the molecule is N#Cc1ccccc1Cn1c(N2CCCC(N)C2)nc2cc(CO)sc2c1=O. The second-order valence-electron chi connectivity index (χ2n) is 7.01. The van der Waals surface area contributed by atoms with Crippen LogP contribution in [-0.4, -0.2) is 33.8 Å².